The van der Waals surface area contributed by atoms with Crippen LogP contribution < -0.4 is 5.73 Å². The van der Waals surface area contributed by atoms with Crippen LogP contribution in [0.4, 0.5) is 0 Å². The molecule has 1 aromatic carbocycles. The van der Waals surface area contributed by atoms with Crippen LogP contribution in [-0.4, -0.2) is 34.5 Å². The summed E-state index contributed by atoms with van der Waals surface area (Å²) >= 11 is 5.83. The molecule has 5 heteroatoms. The molecule has 0 aliphatic heterocycles. The number of aromatic hydroxyl groups is 1. The molecule has 0 bridgehead atoms. The van der Waals surface area contributed by atoms with Crippen LogP contribution in [0.25, 0.3) is 0 Å². The average molecular weight is 311 g/mol. The van der Waals surface area contributed by atoms with E-state index in [0.29, 0.717) is 17.1 Å². The number of phenols is 1. The zero-order valence-corrected chi connectivity index (χ0v) is 13.1. The summed E-state index contributed by atoms with van der Waals surface area (Å²) in [6, 6.07) is 5.11. The van der Waals surface area contributed by atoms with Crippen LogP contribution >= 0.6 is 11.6 Å². The van der Waals surface area contributed by atoms with Gasteiger partial charge < -0.3 is 15.7 Å². The van der Waals surface area contributed by atoms with Crippen LogP contribution in [0.2, 0.25) is 5.02 Å². The van der Waals surface area contributed by atoms with Crippen molar-refractivity contribution in [3.8, 4) is 5.75 Å². The van der Waals surface area contributed by atoms with E-state index in [9.17, 15) is 9.90 Å². The van der Waals surface area contributed by atoms with Crippen molar-refractivity contribution in [3.05, 3.63) is 28.8 Å². The molecule has 1 fully saturated rings. The van der Waals surface area contributed by atoms with Crippen molar-refractivity contribution >= 4 is 17.5 Å². The standard InChI is InChI=1S/C16H23ClN2O2/c1-2-9-19(13-6-4-12(18)5-7-13)16(21)14-8-3-11(17)10-15(14)20/h3,8,10,12-13,20H,2,4-7,9,18H2,1H3. The van der Waals surface area contributed by atoms with Gasteiger partial charge in [0, 0.05) is 23.7 Å². The lowest BCUT2D eigenvalue weighted by molar-refractivity contribution is 0.0623. The Hall–Kier alpha value is -1.26. The van der Waals surface area contributed by atoms with Crippen LogP contribution in [0.15, 0.2) is 18.2 Å². The predicted octanol–water partition coefficient (Wildman–Crippen LogP) is 3.17. The van der Waals surface area contributed by atoms with Crippen molar-refractivity contribution in [2.75, 3.05) is 6.54 Å². The first-order chi connectivity index (χ1) is 10.0. The van der Waals surface area contributed by atoms with E-state index in [1.165, 1.54) is 6.07 Å². The molecule has 0 heterocycles. The maximum atomic E-state index is 12.7. The minimum Gasteiger partial charge on any atom is -0.507 e. The molecule has 1 saturated carbocycles. The van der Waals surface area contributed by atoms with Gasteiger partial charge in [0.25, 0.3) is 5.91 Å². The maximum absolute atomic E-state index is 12.7. The Morgan fingerprint density at radius 1 is 1.38 bits per heavy atom. The lowest BCUT2D eigenvalue weighted by atomic mass is 9.90. The van der Waals surface area contributed by atoms with E-state index in [4.69, 9.17) is 17.3 Å². The first kappa shape index (κ1) is 16.1. The molecule has 1 aliphatic carbocycles. The van der Waals surface area contributed by atoms with Crippen LogP contribution in [0.1, 0.15) is 49.4 Å². The predicted molar refractivity (Wildman–Crippen MR) is 84.7 cm³/mol. The largest absolute Gasteiger partial charge is 0.507 e. The molecule has 21 heavy (non-hydrogen) atoms. The number of carbonyl (C=O) groups excluding carboxylic acids is 1. The Morgan fingerprint density at radius 2 is 2.05 bits per heavy atom. The van der Waals surface area contributed by atoms with E-state index in [1.54, 1.807) is 12.1 Å². The summed E-state index contributed by atoms with van der Waals surface area (Å²) in [5, 5.41) is 10.4. The van der Waals surface area contributed by atoms with Gasteiger partial charge in [-0.3, -0.25) is 4.79 Å². The molecule has 1 aliphatic rings. The Kier molecular flexibility index (Phi) is 5.48. The number of benzene rings is 1. The molecule has 1 aromatic rings. The van der Waals surface area contributed by atoms with Crippen LogP contribution in [0.3, 0.4) is 0 Å². The molecule has 0 unspecified atom stereocenters. The van der Waals surface area contributed by atoms with Gasteiger partial charge in [-0.25, -0.2) is 0 Å². The van der Waals surface area contributed by atoms with Crippen molar-refractivity contribution in [3.63, 3.8) is 0 Å². The van der Waals surface area contributed by atoms with Crippen LogP contribution in [-0.2, 0) is 0 Å². The summed E-state index contributed by atoms with van der Waals surface area (Å²) in [5.41, 5.74) is 6.26. The molecule has 3 N–H and O–H groups in total. The zero-order valence-electron chi connectivity index (χ0n) is 12.4. The van der Waals surface area contributed by atoms with Crippen molar-refractivity contribution < 1.29 is 9.90 Å². The molecule has 4 nitrogen and oxygen atoms in total. The lowest BCUT2D eigenvalue weighted by Crippen LogP contribution is -2.44. The fourth-order valence-corrected chi connectivity index (χ4v) is 3.11. The van der Waals surface area contributed by atoms with Gasteiger partial charge in [0.05, 0.1) is 5.56 Å². The van der Waals surface area contributed by atoms with Crippen LogP contribution in [0, 0.1) is 0 Å². The summed E-state index contributed by atoms with van der Waals surface area (Å²) in [6.07, 6.45) is 4.65. The SMILES string of the molecule is CCCN(C(=O)c1ccc(Cl)cc1O)C1CCC(N)CC1. The van der Waals surface area contributed by atoms with Gasteiger partial charge in [-0.1, -0.05) is 18.5 Å². The van der Waals surface area contributed by atoms with E-state index in [-0.39, 0.29) is 23.7 Å². The van der Waals surface area contributed by atoms with Crippen molar-refractivity contribution in [1.29, 1.82) is 0 Å². The minimum absolute atomic E-state index is 0.0545. The summed E-state index contributed by atoms with van der Waals surface area (Å²) in [4.78, 5) is 14.6. The molecular weight excluding hydrogens is 288 g/mol. The van der Waals surface area contributed by atoms with E-state index < -0.39 is 0 Å². The third-order valence-corrected chi connectivity index (χ3v) is 4.33. The number of rotatable bonds is 4. The molecule has 0 aromatic heterocycles. The maximum Gasteiger partial charge on any atom is 0.257 e. The second kappa shape index (κ2) is 7.14. The third kappa shape index (κ3) is 3.89. The highest BCUT2D eigenvalue weighted by Gasteiger charge is 2.28. The average Bonchev–Trinajstić information content (AvgIpc) is 2.45. The molecule has 1 amide bonds. The van der Waals surface area contributed by atoms with Gasteiger partial charge in [-0.2, -0.15) is 0 Å². The number of carbonyl (C=O) groups is 1. The van der Waals surface area contributed by atoms with Crippen molar-refractivity contribution in [1.82, 2.24) is 4.90 Å². The summed E-state index contributed by atoms with van der Waals surface area (Å²) in [5.74, 6) is -0.174. The number of nitrogens with zero attached hydrogens (tertiary/aromatic N) is 1. The highest BCUT2D eigenvalue weighted by Crippen LogP contribution is 2.27. The zero-order chi connectivity index (χ0) is 15.4. The Morgan fingerprint density at radius 3 is 2.62 bits per heavy atom. The topological polar surface area (TPSA) is 66.6 Å². The second-order valence-corrected chi connectivity index (χ2v) is 6.17. The Bertz CT molecular complexity index is 499. The van der Waals surface area contributed by atoms with Crippen LogP contribution in [0.5, 0.6) is 5.75 Å². The smallest absolute Gasteiger partial charge is 0.257 e. The van der Waals surface area contributed by atoms with E-state index in [1.807, 2.05) is 4.90 Å². The summed E-state index contributed by atoms with van der Waals surface area (Å²) in [6.45, 7) is 2.75. The molecule has 116 valence electrons. The highest BCUT2D eigenvalue weighted by atomic mass is 35.5. The number of phenolic OH excluding ortho intramolecular Hbond substituents is 1. The number of hydrogen-bond acceptors (Lipinski definition) is 3. The fourth-order valence-electron chi connectivity index (χ4n) is 2.94. The van der Waals surface area contributed by atoms with Gasteiger partial charge in [0.1, 0.15) is 5.75 Å². The monoisotopic (exact) mass is 310 g/mol. The van der Waals surface area contributed by atoms with Gasteiger partial charge in [0.2, 0.25) is 0 Å². The van der Waals surface area contributed by atoms with Crippen molar-refractivity contribution in [2.24, 2.45) is 5.73 Å². The second-order valence-electron chi connectivity index (χ2n) is 5.73. The first-order valence-electron chi connectivity index (χ1n) is 7.58. The molecule has 0 saturated heterocycles. The quantitative estimate of drug-likeness (QED) is 0.897. The van der Waals surface area contributed by atoms with E-state index in [0.717, 1.165) is 32.1 Å². The normalized spacial score (nSPS) is 22.0. The number of amides is 1. The highest BCUT2D eigenvalue weighted by molar-refractivity contribution is 6.30. The number of nitrogens with two attached hydrogens (primary N) is 1. The Labute approximate surface area is 130 Å². The first-order valence-corrected chi connectivity index (χ1v) is 7.95. The van der Waals surface area contributed by atoms with Gasteiger partial charge >= 0.3 is 0 Å². The van der Waals surface area contributed by atoms with E-state index >= 15 is 0 Å². The molecular formula is C16H23ClN2O2. The molecule has 2 rings (SSSR count). The lowest BCUT2D eigenvalue weighted by Gasteiger charge is -2.36. The third-order valence-electron chi connectivity index (χ3n) is 4.10. The molecule has 0 spiro atoms. The summed E-state index contributed by atoms with van der Waals surface area (Å²) < 4.78 is 0. The number of hydrogen-bond donors (Lipinski definition) is 2. The summed E-state index contributed by atoms with van der Waals surface area (Å²) in [7, 11) is 0. The fraction of sp³-hybridized carbons (Fsp3) is 0.562. The molecule has 0 radical (unpaired) electrons. The van der Waals surface area contributed by atoms with Crippen molar-refractivity contribution in [2.45, 2.75) is 51.1 Å². The van der Waals surface area contributed by atoms with Gasteiger partial charge in [-0.05, 0) is 50.3 Å². The van der Waals surface area contributed by atoms with E-state index in [2.05, 4.69) is 6.92 Å². The van der Waals surface area contributed by atoms with Gasteiger partial charge in [0.15, 0.2) is 0 Å². The minimum atomic E-state index is -0.119. The Balaban J connectivity index is 2.18. The number of halogens is 1. The molecule has 0 atom stereocenters. The van der Waals surface area contributed by atoms with Gasteiger partial charge in [-0.15, -0.1) is 0 Å².